The third-order valence-corrected chi connectivity index (χ3v) is 4.76. The molecule has 5 heteroatoms. The van der Waals surface area contributed by atoms with Crippen molar-refractivity contribution in [3.8, 4) is 0 Å². The minimum Gasteiger partial charge on any atom is -0.367 e. The van der Waals surface area contributed by atoms with E-state index in [1.807, 2.05) is 6.07 Å². The van der Waals surface area contributed by atoms with Crippen molar-refractivity contribution in [2.75, 3.05) is 12.4 Å². The van der Waals surface area contributed by atoms with Crippen molar-refractivity contribution >= 4 is 21.7 Å². The van der Waals surface area contributed by atoms with Gasteiger partial charge >= 0.3 is 0 Å². The average Bonchev–Trinajstić information content (AvgIpc) is 2.30. The van der Waals surface area contributed by atoms with E-state index in [0.717, 1.165) is 22.5 Å². The van der Waals surface area contributed by atoms with Gasteiger partial charge in [-0.3, -0.25) is 0 Å². The van der Waals surface area contributed by atoms with Crippen LogP contribution in [-0.4, -0.2) is 40.0 Å². The van der Waals surface area contributed by atoms with Gasteiger partial charge in [0.05, 0.1) is 0 Å². The molecule has 3 heterocycles. The summed E-state index contributed by atoms with van der Waals surface area (Å²) >= 11 is 3.39. The zero-order valence-electron chi connectivity index (χ0n) is 10.6. The van der Waals surface area contributed by atoms with Crippen LogP contribution in [0, 0.1) is 0 Å². The Morgan fingerprint density at radius 1 is 1.28 bits per heavy atom. The van der Waals surface area contributed by atoms with Crippen LogP contribution in [0.2, 0.25) is 0 Å². The van der Waals surface area contributed by atoms with Crippen molar-refractivity contribution in [1.29, 1.82) is 0 Å². The number of hydrogen-bond donors (Lipinski definition) is 1. The first-order valence-electron chi connectivity index (χ1n) is 6.68. The molecule has 1 aromatic rings. The van der Waals surface area contributed by atoms with Gasteiger partial charge in [-0.1, -0.05) is 6.42 Å². The highest BCUT2D eigenvalue weighted by Gasteiger charge is 2.35. The first-order chi connectivity index (χ1) is 8.72. The summed E-state index contributed by atoms with van der Waals surface area (Å²) in [5.41, 5.74) is 0. The lowest BCUT2D eigenvalue weighted by atomic mass is 9.82. The van der Waals surface area contributed by atoms with Gasteiger partial charge in [0, 0.05) is 24.2 Å². The second-order valence-electron chi connectivity index (χ2n) is 5.44. The molecule has 18 heavy (non-hydrogen) atoms. The van der Waals surface area contributed by atoms with Crippen LogP contribution in [0.1, 0.15) is 32.1 Å². The van der Waals surface area contributed by atoms with Crippen LogP contribution in [0.15, 0.2) is 17.0 Å². The predicted molar refractivity (Wildman–Crippen MR) is 75.6 cm³/mol. The molecule has 2 bridgehead atoms. The van der Waals surface area contributed by atoms with E-state index >= 15 is 0 Å². The van der Waals surface area contributed by atoms with E-state index in [9.17, 15) is 0 Å². The molecule has 2 aliphatic rings. The van der Waals surface area contributed by atoms with Gasteiger partial charge in [0.1, 0.15) is 16.7 Å². The standard InChI is InChI=1S/C13H19BrN4/c1-18-10-3-2-4-11(18)6-9(5-10)17-13-7-12(14)15-8-16-13/h7-11H,2-6H2,1H3,(H,15,16,17). The highest BCUT2D eigenvalue weighted by atomic mass is 79.9. The van der Waals surface area contributed by atoms with Crippen LogP contribution >= 0.6 is 15.9 Å². The fourth-order valence-electron chi connectivity index (χ4n) is 3.36. The van der Waals surface area contributed by atoms with Crippen molar-refractivity contribution in [3.63, 3.8) is 0 Å². The Morgan fingerprint density at radius 2 is 2.00 bits per heavy atom. The molecule has 2 atom stereocenters. The van der Waals surface area contributed by atoms with Crippen LogP contribution in [0.4, 0.5) is 5.82 Å². The molecule has 0 aromatic carbocycles. The fourth-order valence-corrected chi connectivity index (χ4v) is 3.66. The monoisotopic (exact) mass is 310 g/mol. The molecular weight excluding hydrogens is 292 g/mol. The molecule has 0 amide bonds. The van der Waals surface area contributed by atoms with E-state index in [4.69, 9.17) is 0 Å². The van der Waals surface area contributed by atoms with Crippen LogP contribution in [0.25, 0.3) is 0 Å². The number of hydrogen-bond acceptors (Lipinski definition) is 4. The van der Waals surface area contributed by atoms with Crippen LogP contribution in [0.3, 0.4) is 0 Å². The van der Waals surface area contributed by atoms with Gasteiger partial charge in [-0.15, -0.1) is 0 Å². The lowest BCUT2D eigenvalue weighted by Gasteiger charge is -2.47. The van der Waals surface area contributed by atoms with Crippen molar-refractivity contribution in [2.24, 2.45) is 0 Å². The summed E-state index contributed by atoms with van der Waals surface area (Å²) in [7, 11) is 2.28. The van der Waals surface area contributed by atoms with Gasteiger partial charge in [-0.2, -0.15) is 0 Å². The average molecular weight is 311 g/mol. The van der Waals surface area contributed by atoms with E-state index in [0.29, 0.717) is 6.04 Å². The van der Waals surface area contributed by atoms with E-state index in [1.54, 1.807) is 6.33 Å². The van der Waals surface area contributed by atoms with E-state index < -0.39 is 0 Å². The maximum Gasteiger partial charge on any atom is 0.130 e. The fraction of sp³-hybridized carbons (Fsp3) is 0.692. The van der Waals surface area contributed by atoms with E-state index in [1.165, 1.54) is 32.1 Å². The molecule has 2 saturated heterocycles. The van der Waals surface area contributed by atoms with Gasteiger partial charge in [0.25, 0.3) is 0 Å². The summed E-state index contributed by atoms with van der Waals surface area (Å²) in [4.78, 5) is 10.9. The largest absolute Gasteiger partial charge is 0.367 e. The molecule has 1 aromatic heterocycles. The Kier molecular flexibility index (Phi) is 3.52. The predicted octanol–water partition coefficient (Wildman–Crippen LogP) is 2.67. The summed E-state index contributed by atoms with van der Waals surface area (Å²) in [6, 6.07) is 4.01. The first-order valence-corrected chi connectivity index (χ1v) is 7.47. The van der Waals surface area contributed by atoms with Gasteiger partial charge in [0.2, 0.25) is 0 Å². The summed E-state index contributed by atoms with van der Waals surface area (Å²) in [6.45, 7) is 0. The molecule has 2 aliphatic heterocycles. The third kappa shape index (κ3) is 2.52. The van der Waals surface area contributed by atoms with Gasteiger partial charge in [-0.25, -0.2) is 9.97 Å². The molecule has 2 unspecified atom stereocenters. The quantitative estimate of drug-likeness (QED) is 0.853. The minimum atomic E-state index is 0.554. The van der Waals surface area contributed by atoms with Crippen molar-refractivity contribution in [1.82, 2.24) is 14.9 Å². The summed E-state index contributed by atoms with van der Waals surface area (Å²) < 4.78 is 0.841. The maximum atomic E-state index is 4.28. The molecule has 0 aliphatic carbocycles. The van der Waals surface area contributed by atoms with Gasteiger partial charge < -0.3 is 10.2 Å². The van der Waals surface area contributed by atoms with Crippen molar-refractivity contribution in [3.05, 3.63) is 17.0 Å². The smallest absolute Gasteiger partial charge is 0.130 e. The number of nitrogens with one attached hydrogen (secondary N) is 1. The normalized spacial score (nSPS) is 32.2. The van der Waals surface area contributed by atoms with Crippen LogP contribution in [0.5, 0.6) is 0 Å². The highest BCUT2D eigenvalue weighted by Crippen LogP contribution is 2.33. The molecule has 1 N–H and O–H groups in total. The Balaban J connectivity index is 1.68. The molecule has 3 rings (SSSR count). The van der Waals surface area contributed by atoms with Crippen LogP contribution in [-0.2, 0) is 0 Å². The summed E-state index contributed by atoms with van der Waals surface area (Å²) in [6.07, 6.45) is 8.15. The lowest BCUT2D eigenvalue weighted by Crippen LogP contribution is -2.52. The number of fused-ring (bicyclic) bond motifs is 2. The Labute approximate surface area is 116 Å². The lowest BCUT2D eigenvalue weighted by molar-refractivity contribution is 0.0608. The Hall–Kier alpha value is -0.680. The molecule has 4 nitrogen and oxygen atoms in total. The molecule has 2 fully saturated rings. The molecular formula is C13H19BrN4. The number of piperidine rings is 2. The highest BCUT2D eigenvalue weighted by molar-refractivity contribution is 9.10. The topological polar surface area (TPSA) is 41.0 Å². The Morgan fingerprint density at radius 3 is 2.67 bits per heavy atom. The van der Waals surface area contributed by atoms with Gasteiger partial charge in [0.15, 0.2) is 0 Å². The van der Waals surface area contributed by atoms with E-state index in [-0.39, 0.29) is 0 Å². The third-order valence-electron chi connectivity index (χ3n) is 4.33. The van der Waals surface area contributed by atoms with E-state index in [2.05, 4.69) is 43.2 Å². The zero-order chi connectivity index (χ0) is 12.5. The zero-order valence-corrected chi connectivity index (χ0v) is 12.2. The molecule has 0 spiro atoms. The van der Waals surface area contributed by atoms with Crippen molar-refractivity contribution < 1.29 is 0 Å². The number of nitrogens with zero attached hydrogens (tertiary/aromatic N) is 3. The number of anilines is 1. The van der Waals surface area contributed by atoms with Crippen molar-refractivity contribution in [2.45, 2.75) is 50.2 Å². The first kappa shape index (κ1) is 12.4. The summed E-state index contributed by atoms with van der Waals surface area (Å²) in [5, 5.41) is 3.56. The maximum absolute atomic E-state index is 4.28. The Bertz CT molecular complexity index is 411. The SMILES string of the molecule is CN1C2CCCC1CC(Nc1cc(Br)ncn1)C2. The minimum absolute atomic E-state index is 0.554. The van der Waals surface area contributed by atoms with Gasteiger partial charge in [-0.05, 0) is 48.7 Å². The molecule has 0 saturated carbocycles. The van der Waals surface area contributed by atoms with Crippen LogP contribution < -0.4 is 5.32 Å². The number of rotatable bonds is 2. The molecule has 0 radical (unpaired) electrons. The second-order valence-corrected chi connectivity index (χ2v) is 6.26. The summed E-state index contributed by atoms with van der Waals surface area (Å²) in [5.74, 6) is 0.935. The second kappa shape index (κ2) is 5.13. The number of aromatic nitrogens is 2. The molecule has 98 valence electrons. The number of halogens is 1.